The Balaban J connectivity index is 1.64. The monoisotopic (exact) mass is 779 g/mol. The van der Waals surface area contributed by atoms with Crippen molar-refractivity contribution in [3.05, 3.63) is 144 Å². The first-order valence-electron chi connectivity index (χ1n) is 15.8. The minimum absolute atomic E-state index is 0.00361. The molecule has 0 spiro atoms. The number of carbonyl (C=O) groups excluding carboxylic acids is 1. The molecule has 2 N–H and O–H groups in total. The SMILES string of the molecule is [N-]=[N+]=NCc1ccccc1C[C@@]1(C(=O)NCc2cc(C(F)(F)F)cc(C(F)(F)F)c2)N=C(c2ccc(OCCCO)cc2)O[C@@H]1c1ccc(Cl)cc1Cl. The molecule has 0 bridgehead atoms. The van der Waals surface area contributed by atoms with E-state index in [1.165, 1.54) is 18.2 Å². The molecule has 0 saturated heterocycles. The molecule has 17 heteroatoms. The second kappa shape index (κ2) is 16.4. The second-order valence-electron chi connectivity index (χ2n) is 11.9. The van der Waals surface area contributed by atoms with E-state index >= 15 is 0 Å². The van der Waals surface area contributed by atoms with Crippen LogP contribution in [0, 0.1) is 0 Å². The van der Waals surface area contributed by atoms with Crippen LogP contribution < -0.4 is 10.1 Å². The summed E-state index contributed by atoms with van der Waals surface area (Å²) in [6.45, 7) is -0.680. The van der Waals surface area contributed by atoms with Crippen LogP contribution in [0.5, 0.6) is 5.75 Å². The minimum Gasteiger partial charge on any atom is -0.494 e. The van der Waals surface area contributed by atoms with E-state index in [1.807, 2.05) is 0 Å². The van der Waals surface area contributed by atoms with E-state index < -0.39 is 53.1 Å². The average Bonchev–Trinajstić information content (AvgIpc) is 3.49. The Labute approximate surface area is 308 Å². The van der Waals surface area contributed by atoms with E-state index in [4.69, 9.17) is 48.3 Å². The minimum atomic E-state index is -5.11. The highest BCUT2D eigenvalue weighted by Crippen LogP contribution is 2.46. The lowest BCUT2D eigenvalue weighted by Crippen LogP contribution is -2.50. The molecule has 0 radical (unpaired) electrons. The van der Waals surface area contributed by atoms with Gasteiger partial charge < -0.3 is 19.9 Å². The molecule has 0 aromatic heterocycles. The number of hydrogen-bond acceptors (Lipinski definition) is 6. The molecule has 0 saturated carbocycles. The van der Waals surface area contributed by atoms with Crippen molar-refractivity contribution in [2.24, 2.45) is 10.1 Å². The number of aliphatic imine (C=N–C) groups is 1. The van der Waals surface area contributed by atoms with Crippen molar-refractivity contribution in [1.29, 1.82) is 0 Å². The number of aliphatic hydroxyl groups is 1. The number of ether oxygens (including phenoxy) is 2. The third-order valence-corrected chi connectivity index (χ3v) is 8.82. The van der Waals surface area contributed by atoms with Crippen LogP contribution in [0.15, 0.2) is 95.0 Å². The number of halogens is 8. The highest BCUT2D eigenvalue weighted by atomic mass is 35.5. The van der Waals surface area contributed by atoms with Crippen molar-refractivity contribution < 1.29 is 45.7 Å². The van der Waals surface area contributed by atoms with Gasteiger partial charge in [0.05, 0.1) is 24.3 Å². The molecule has 4 aromatic rings. The number of amides is 1. The molecule has 1 heterocycles. The summed E-state index contributed by atoms with van der Waals surface area (Å²) >= 11 is 12.9. The van der Waals surface area contributed by atoms with E-state index in [0.717, 1.165) is 0 Å². The lowest BCUT2D eigenvalue weighted by molar-refractivity contribution is -0.143. The zero-order valence-electron chi connectivity index (χ0n) is 27.4. The van der Waals surface area contributed by atoms with Gasteiger partial charge in [-0.3, -0.25) is 4.79 Å². The van der Waals surface area contributed by atoms with Crippen molar-refractivity contribution in [2.75, 3.05) is 13.2 Å². The van der Waals surface area contributed by atoms with Gasteiger partial charge in [0, 0.05) is 52.1 Å². The largest absolute Gasteiger partial charge is 0.494 e. The maximum Gasteiger partial charge on any atom is 0.416 e. The van der Waals surface area contributed by atoms with Crippen molar-refractivity contribution in [2.45, 2.75) is 49.9 Å². The fourth-order valence-electron chi connectivity index (χ4n) is 5.71. The molecule has 278 valence electrons. The van der Waals surface area contributed by atoms with Gasteiger partial charge in [-0.2, -0.15) is 26.3 Å². The Bertz CT molecular complexity index is 2010. The number of nitrogens with zero attached hydrogens (tertiary/aromatic N) is 4. The van der Waals surface area contributed by atoms with Crippen LogP contribution in [-0.4, -0.2) is 35.7 Å². The van der Waals surface area contributed by atoms with Gasteiger partial charge in [0.25, 0.3) is 5.91 Å². The van der Waals surface area contributed by atoms with Gasteiger partial charge in [-0.15, -0.1) is 0 Å². The predicted octanol–water partition coefficient (Wildman–Crippen LogP) is 9.42. The highest BCUT2D eigenvalue weighted by Gasteiger charge is 2.54. The van der Waals surface area contributed by atoms with Gasteiger partial charge in [0.2, 0.25) is 5.90 Å². The number of alkyl halides is 6. The normalized spacial score (nSPS) is 17.1. The van der Waals surface area contributed by atoms with Crippen LogP contribution in [-0.2, 0) is 41.4 Å². The molecule has 53 heavy (non-hydrogen) atoms. The Morgan fingerprint density at radius 2 is 1.62 bits per heavy atom. The van der Waals surface area contributed by atoms with E-state index in [9.17, 15) is 31.1 Å². The molecular formula is C36H29Cl2F6N5O4. The van der Waals surface area contributed by atoms with Crippen molar-refractivity contribution in [1.82, 2.24) is 5.32 Å². The van der Waals surface area contributed by atoms with Crippen LogP contribution in [0.25, 0.3) is 10.4 Å². The van der Waals surface area contributed by atoms with E-state index in [-0.39, 0.29) is 53.8 Å². The van der Waals surface area contributed by atoms with Crippen molar-refractivity contribution in [3.8, 4) is 5.75 Å². The molecule has 9 nitrogen and oxygen atoms in total. The molecule has 1 aliphatic heterocycles. The molecule has 2 atom stereocenters. The Kier molecular flexibility index (Phi) is 12.1. The maximum absolute atomic E-state index is 14.6. The summed E-state index contributed by atoms with van der Waals surface area (Å²) < 4.78 is 94.0. The lowest BCUT2D eigenvalue weighted by atomic mass is 9.80. The molecule has 0 fully saturated rings. The van der Waals surface area contributed by atoms with E-state index in [0.29, 0.717) is 41.0 Å². The van der Waals surface area contributed by atoms with Crippen LogP contribution in [0.2, 0.25) is 10.0 Å². The van der Waals surface area contributed by atoms with Gasteiger partial charge in [0.1, 0.15) is 5.75 Å². The van der Waals surface area contributed by atoms with Gasteiger partial charge >= 0.3 is 12.4 Å². The van der Waals surface area contributed by atoms with Crippen LogP contribution >= 0.6 is 23.2 Å². The van der Waals surface area contributed by atoms with Crippen LogP contribution in [0.3, 0.4) is 0 Å². The van der Waals surface area contributed by atoms with Gasteiger partial charge in [0.15, 0.2) is 11.6 Å². The number of benzene rings is 4. The number of azide groups is 1. The Morgan fingerprint density at radius 1 is 0.962 bits per heavy atom. The summed E-state index contributed by atoms with van der Waals surface area (Å²) in [4.78, 5) is 22.3. The van der Waals surface area contributed by atoms with E-state index in [1.54, 1.807) is 48.5 Å². The Morgan fingerprint density at radius 3 is 2.23 bits per heavy atom. The number of rotatable bonds is 13. The summed E-state index contributed by atoms with van der Waals surface area (Å²) in [5, 5.41) is 15.6. The van der Waals surface area contributed by atoms with Gasteiger partial charge in [-0.25, -0.2) is 4.99 Å². The third-order valence-electron chi connectivity index (χ3n) is 8.26. The van der Waals surface area contributed by atoms with Crippen LogP contribution in [0.4, 0.5) is 26.3 Å². The first-order valence-corrected chi connectivity index (χ1v) is 16.6. The fourth-order valence-corrected chi connectivity index (χ4v) is 6.22. The zero-order chi connectivity index (χ0) is 38.4. The lowest BCUT2D eigenvalue weighted by Gasteiger charge is -2.32. The van der Waals surface area contributed by atoms with Gasteiger partial charge in [-0.05, 0) is 76.8 Å². The fraction of sp³-hybridized carbons (Fsp3) is 0.278. The third kappa shape index (κ3) is 9.35. The van der Waals surface area contributed by atoms with Crippen molar-refractivity contribution in [3.63, 3.8) is 0 Å². The number of nitrogens with one attached hydrogen (secondary N) is 1. The molecule has 0 unspecified atom stereocenters. The molecule has 5 rings (SSSR count). The summed E-state index contributed by atoms with van der Waals surface area (Å²) in [5.41, 5.74) is 5.08. The summed E-state index contributed by atoms with van der Waals surface area (Å²) in [6.07, 6.45) is -11.4. The maximum atomic E-state index is 14.6. The molecule has 4 aromatic carbocycles. The van der Waals surface area contributed by atoms with Crippen molar-refractivity contribution >= 4 is 35.0 Å². The molecule has 1 aliphatic rings. The van der Waals surface area contributed by atoms with Gasteiger partial charge in [-0.1, -0.05) is 58.6 Å². The molecule has 0 aliphatic carbocycles. The molecular weight excluding hydrogens is 751 g/mol. The smallest absolute Gasteiger partial charge is 0.416 e. The standard InChI is InChI=1S/C36H29Cl2F6N5O4/c37-27-8-11-29(30(38)17-27)31-34(18-23-4-1-2-5-24(23)20-47-49-45,48-32(53-31)22-6-9-28(10-7-22)52-13-3-12-50)33(51)46-19-21-14-25(35(39,40)41)16-26(15-21)36(42,43)44/h1-2,4-11,14-17,31,50H,3,12-13,18-20H2,(H,46,51)/t31-,34-/m1/s1. The average molecular weight is 781 g/mol. The summed E-state index contributed by atoms with van der Waals surface area (Å²) in [6, 6.07) is 18.6. The predicted molar refractivity (Wildman–Crippen MR) is 184 cm³/mol. The number of hydrogen-bond donors (Lipinski definition) is 2. The second-order valence-corrected chi connectivity index (χ2v) is 12.7. The summed E-state index contributed by atoms with van der Waals surface area (Å²) in [7, 11) is 0. The Hall–Kier alpha value is -4.95. The number of aliphatic hydroxyl groups excluding tert-OH is 1. The quantitative estimate of drug-likeness (QED) is 0.0461. The summed E-state index contributed by atoms with van der Waals surface area (Å²) in [5.74, 6) is -0.491. The zero-order valence-corrected chi connectivity index (χ0v) is 28.9. The first-order chi connectivity index (χ1) is 25.1. The topological polar surface area (TPSA) is 129 Å². The van der Waals surface area contributed by atoms with E-state index in [2.05, 4.69) is 15.3 Å². The number of carbonyl (C=O) groups is 1. The molecule has 1 amide bonds. The first kappa shape index (κ1) is 39.3. The van der Waals surface area contributed by atoms with Crippen LogP contribution in [0.1, 0.15) is 51.5 Å². The highest BCUT2D eigenvalue weighted by molar-refractivity contribution is 6.35.